The number of nitrogens with two attached hydrogens (primary N) is 1. The molecule has 1 saturated carbocycles. The Morgan fingerprint density at radius 2 is 2.46 bits per heavy atom. The third-order valence-electron chi connectivity index (χ3n) is 2.69. The van der Waals surface area contributed by atoms with E-state index < -0.39 is 0 Å². The van der Waals surface area contributed by atoms with Crippen LogP contribution in [0.1, 0.15) is 25.0 Å². The molecule has 3 N–H and O–H groups in total. The Hall–Kier alpha value is -0.800. The molecule has 0 bridgehead atoms. The van der Waals surface area contributed by atoms with Gasteiger partial charge in [0.2, 0.25) is 0 Å². The van der Waals surface area contributed by atoms with Crippen LogP contribution in [-0.4, -0.2) is 12.1 Å². The highest BCUT2D eigenvalue weighted by Gasteiger charge is 2.22. The Morgan fingerprint density at radius 1 is 1.54 bits per heavy atom. The fourth-order valence-corrected chi connectivity index (χ4v) is 1.89. The molecule has 2 atom stereocenters. The molecule has 1 heterocycles. The topological polar surface area (TPSA) is 51.2 Å². The molecule has 0 radical (unpaired) electrons. The van der Waals surface area contributed by atoms with Crippen LogP contribution in [0.15, 0.2) is 22.8 Å². The third kappa shape index (κ3) is 2.11. The van der Waals surface area contributed by atoms with Crippen molar-refractivity contribution in [3.63, 3.8) is 0 Å². The molecule has 0 amide bonds. The minimum atomic E-state index is 0.329. The summed E-state index contributed by atoms with van der Waals surface area (Å²) in [6.07, 6.45) is 5.29. The first-order valence-corrected chi connectivity index (χ1v) is 4.87. The minimum Gasteiger partial charge on any atom is -0.468 e. The van der Waals surface area contributed by atoms with Crippen LogP contribution in [0, 0.1) is 0 Å². The van der Waals surface area contributed by atoms with Gasteiger partial charge in [0.1, 0.15) is 5.76 Å². The summed E-state index contributed by atoms with van der Waals surface area (Å²) in [5, 5.41) is 3.42. The van der Waals surface area contributed by atoms with Crippen molar-refractivity contribution in [2.24, 2.45) is 5.73 Å². The summed E-state index contributed by atoms with van der Waals surface area (Å²) in [6.45, 7) is 0.797. The molecule has 3 nitrogen and oxygen atoms in total. The monoisotopic (exact) mass is 180 g/mol. The fraction of sp³-hybridized carbons (Fsp3) is 0.600. The SMILES string of the molecule is N[C@@H]1CCC[C@H]1NCc1ccco1. The number of hydrogen-bond donors (Lipinski definition) is 2. The molecule has 0 unspecified atom stereocenters. The summed E-state index contributed by atoms with van der Waals surface area (Å²) < 4.78 is 5.23. The first-order valence-electron chi connectivity index (χ1n) is 4.87. The summed E-state index contributed by atoms with van der Waals surface area (Å²) in [4.78, 5) is 0. The largest absolute Gasteiger partial charge is 0.468 e. The fourth-order valence-electron chi connectivity index (χ4n) is 1.89. The van der Waals surface area contributed by atoms with Gasteiger partial charge in [-0.3, -0.25) is 0 Å². The zero-order valence-electron chi connectivity index (χ0n) is 7.70. The van der Waals surface area contributed by atoms with Gasteiger partial charge in [0.25, 0.3) is 0 Å². The van der Waals surface area contributed by atoms with Crippen LogP contribution in [0.3, 0.4) is 0 Å². The van der Waals surface area contributed by atoms with E-state index in [0.717, 1.165) is 18.7 Å². The summed E-state index contributed by atoms with van der Waals surface area (Å²) in [5.41, 5.74) is 5.93. The Labute approximate surface area is 78.3 Å². The van der Waals surface area contributed by atoms with Crippen molar-refractivity contribution >= 4 is 0 Å². The van der Waals surface area contributed by atoms with Crippen LogP contribution < -0.4 is 11.1 Å². The van der Waals surface area contributed by atoms with E-state index in [-0.39, 0.29) is 0 Å². The minimum absolute atomic E-state index is 0.329. The molecular weight excluding hydrogens is 164 g/mol. The number of furan rings is 1. The molecule has 3 heteroatoms. The van der Waals surface area contributed by atoms with E-state index in [1.807, 2.05) is 12.1 Å². The predicted octanol–water partition coefficient (Wildman–Crippen LogP) is 1.25. The first kappa shape index (κ1) is 8.78. The second-order valence-electron chi connectivity index (χ2n) is 3.66. The first-order chi connectivity index (χ1) is 6.36. The molecule has 1 aromatic heterocycles. The molecular formula is C10H16N2O. The van der Waals surface area contributed by atoms with E-state index in [2.05, 4.69) is 5.32 Å². The van der Waals surface area contributed by atoms with Crippen LogP contribution in [0.2, 0.25) is 0 Å². The highest BCUT2D eigenvalue weighted by molar-refractivity contribution is 4.98. The van der Waals surface area contributed by atoms with Gasteiger partial charge in [-0.05, 0) is 25.0 Å². The number of nitrogens with one attached hydrogen (secondary N) is 1. The highest BCUT2D eigenvalue weighted by atomic mass is 16.3. The van der Waals surface area contributed by atoms with Gasteiger partial charge in [0, 0.05) is 12.1 Å². The average Bonchev–Trinajstić information content (AvgIpc) is 2.72. The molecule has 0 spiro atoms. The molecule has 1 aromatic rings. The number of hydrogen-bond acceptors (Lipinski definition) is 3. The Morgan fingerprint density at radius 3 is 3.08 bits per heavy atom. The standard InChI is InChI=1S/C10H16N2O/c11-9-4-1-5-10(9)12-7-8-3-2-6-13-8/h2-3,6,9-10,12H,1,4-5,7,11H2/t9-,10-/m1/s1. The quantitative estimate of drug-likeness (QED) is 0.736. The molecule has 1 aliphatic carbocycles. The van der Waals surface area contributed by atoms with E-state index in [1.54, 1.807) is 6.26 Å². The van der Waals surface area contributed by atoms with E-state index >= 15 is 0 Å². The molecule has 2 rings (SSSR count). The lowest BCUT2D eigenvalue weighted by Gasteiger charge is -2.15. The predicted molar refractivity (Wildman–Crippen MR) is 51.2 cm³/mol. The van der Waals surface area contributed by atoms with Crippen LogP contribution >= 0.6 is 0 Å². The van der Waals surface area contributed by atoms with Crippen molar-refractivity contribution in [2.45, 2.75) is 37.9 Å². The van der Waals surface area contributed by atoms with Crippen molar-refractivity contribution in [3.05, 3.63) is 24.2 Å². The van der Waals surface area contributed by atoms with Gasteiger partial charge in [-0.25, -0.2) is 0 Å². The smallest absolute Gasteiger partial charge is 0.117 e. The summed E-state index contributed by atoms with van der Waals surface area (Å²) in [7, 11) is 0. The van der Waals surface area contributed by atoms with Crippen molar-refractivity contribution in [1.29, 1.82) is 0 Å². The van der Waals surface area contributed by atoms with Crippen molar-refractivity contribution < 1.29 is 4.42 Å². The lowest BCUT2D eigenvalue weighted by molar-refractivity contribution is 0.426. The van der Waals surface area contributed by atoms with Gasteiger partial charge < -0.3 is 15.5 Å². The number of rotatable bonds is 3. The maximum absolute atomic E-state index is 5.93. The van der Waals surface area contributed by atoms with Crippen LogP contribution in [0.5, 0.6) is 0 Å². The molecule has 72 valence electrons. The average molecular weight is 180 g/mol. The summed E-state index contributed by atoms with van der Waals surface area (Å²) >= 11 is 0. The molecule has 13 heavy (non-hydrogen) atoms. The van der Waals surface area contributed by atoms with E-state index in [0.29, 0.717) is 12.1 Å². The highest BCUT2D eigenvalue weighted by Crippen LogP contribution is 2.17. The molecule has 1 fully saturated rings. The van der Waals surface area contributed by atoms with Crippen molar-refractivity contribution in [1.82, 2.24) is 5.32 Å². The lowest BCUT2D eigenvalue weighted by Crippen LogP contribution is -2.40. The van der Waals surface area contributed by atoms with Gasteiger partial charge in [0.15, 0.2) is 0 Å². The zero-order valence-corrected chi connectivity index (χ0v) is 7.70. The maximum atomic E-state index is 5.93. The second kappa shape index (κ2) is 3.94. The van der Waals surface area contributed by atoms with E-state index in [4.69, 9.17) is 10.2 Å². The van der Waals surface area contributed by atoms with Crippen LogP contribution in [0.4, 0.5) is 0 Å². The Bertz CT molecular complexity index is 245. The molecule has 0 saturated heterocycles. The maximum Gasteiger partial charge on any atom is 0.117 e. The third-order valence-corrected chi connectivity index (χ3v) is 2.69. The van der Waals surface area contributed by atoms with Crippen molar-refractivity contribution in [3.8, 4) is 0 Å². The van der Waals surface area contributed by atoms with Gasteiger partial charge in [0.05, 0.1) is 12.8 Å². The van der Waals surface area contributed by atoms with E-state index in [1.165, 1.54) is 12.8 Å². The normalized spacial score (nSPS) is 28.1. The molecule has 1 aliphatic rings. The molecule has 0 aliphatic heterocycles. The summed E-state index contributed by atoms with van der Waals surface area (Å²) in [6, 6.07) is 4.69. The van der Waals surface area contributed by atoms with Gasteiger partial charge in [-0.15, -0.1) is 0 Å². The molecule has 0 aromatic carbocycles. The van der Waals surface area contributed by atoms with Gasteiger partial charge in [-0.2, -0.15) is 0 Å². The van der Waals surface area contributed by atoms with E-state index in [9.17, 15) is 0 Å². The lowest BCUT2D eigenvalue weighted by atomic mass is 10.2. The Balaban J connectivity index is 1.79. The van der Waals surface area contributed by atoms with Gasteiger partial charge >= 0.3 is 0 Å². The Kier molecular flexibility index (Phi) is 2.66. The van der Waals surface area contributed by atoms with Crippen LogP contribution in [0.25, 0.3) is 0 Å². The summed E-state index contributed by atoms with van der Waals surface area (Å²) in [5.74, 6) is 0.985. The van der Waals surface area contributed by atoms with Gasteiger partial charge in [-0.1, -0.05) is 6.42 Å². The van der Waals surface area contributed by atoms with Crippen molar-refractivity contribution in [2.75, 3.05) is 0 Å². The van der Waals surface area contributed by atoms with Crippen LogP contribution in [-0.2, 0) is 6.54 Å². The second-order valence-corrected chi connectivity index (χ2v) is 3.66. The zero-order chi connectivity index (χ0) is 9.10.